The lowest BCUT2D eigenvalue weighted by Crippen LogP contribution is -2.23. The number of carbonyl (C=O) groups excluding carboxylic acids is 1. The minimum atomic E-state index is -0.471. The van der Waals surface area contributed by atoms with Gasteiger partial charge in [0.15, 0.2) is 0 Å². The van der Waals surface area contributed by atoms with E-state index in [0.29, 0.717) is 17.8 Å². The SMILES string of the molecule is CC(C)=C(OC(=O)C(C)(C)C)[C@@H]1[C@@H](C)[C@@H]1c1ccccc1. The maximum absolute atomic E-state index is 12.2. The average molecular weight is 286 g/mol. The Kier molecular flexibility index (Phi) is 4.27. The first-order valence-corrected chi connectivity index (χ1v) is 7.68. The monoisotopic (exact) mass is 286 g/mol. The number of allylic oxidation sites excluding steroid dienone is 2. The molecule has 1 saturated carbocycles. The van der Waals surface area contributed by atoms with Gasteiger partial charge < -0.3 is 4.74 Å². The molecule has 2 rings (SSSR count). The van der Waals surface area contributed by atoms with Gasteiger partial charge in [-0.15, -0.1) is 0 Å². The number of esters is 1. The molecule has 2 heteroatoms. The number of ether oxygens (including phenoxy) is 1. The third kappa shape index (κ3) is 3.37. The molecule has 0 spiro atoms. The van der Waals surface area contributed by atoms with Crippen LogP contribution in [0.5, 0.6) is 0 Å². The van der Waals surface area contributed by atoms with Crippen LogP contribution in [-0.4, -0.2) is 5.97 Å². The van der Waals surface area contributed by atoms with Crippen LogP contribution in [0.2, 0.25) is 0 Å². The summed E-state index contributed by atoms with van der Waals surface area (Å²) in [4.78, 5) is 12.2. The second-order valence-electron chi connectivity index (χ2n) is 7.33. The van der Waals surface area contributed by atoms with Crippen molar-refractivity contribution in [3.8, 4) is 0 Å². The van der Waals surface area contributed by atoms with Gasteiger partial charge in [-0.05, 0) is 57.6 Å². The van der Waals surface area contributed by atoms with Gasteiger partial charge >= 0.3 is 5.97 Å². The van der Waals surface area contributed by atoms with Gasteiger partial charge in [0, 0.05) is 5.92 Å². The molecule has 0 N–H and O–H groups in total. The van der Waals surface area contributed by atoms with Gasteiger partial charge in [-0.2, -0.15) is 0 Å². The Hall–Kier alpha value is -1.57. The fraction of sp³-hybridized carbons (Fsp3) is 0.526. The average Bonchev–Trinajstić information content (AvgIpc) is 3.06. The molecule has 0 amide bonds. The van der Waals surface area contributed by atoms with Crippen LogP contribution >= 0.6 is 0 Å². The Morgan fingerprint density at radius 2 is 1.67 bits per heavy atom. The van der Waals surface area contributed by atoms with Crippen molar-refractivity contribution in [2.24, 2.45) is 17.3 Å². The van der Waals surface area contributed by atoms with E-state index in [4.69, 9.17) is 4.74 Å². The van der Waals surface area contributed by atoms with E-state index in [2.05, 4.69) is 31.2 Å². The molecule has 1 aromatic carbocycles. The molecule has 0 heterocycles. The first-order chi connectivity index (χ1) is 9.73. The molecule has 1 aromatic rings. The Labute approximate surface area is 128 Å². The molecule has 114 valence electrons. The fourth-order valence-corrected chi connectivity index (χ4v) is 2.81. The van der Waals surface area contributed by atoms with Crippen molar-refractivity contribution in [2.45, 2.75) is 47.5 Å². The normalized spacial score (nSPS) is 24.4. The summed E-state index contributed by atoms with van der Waals surface area (Å²) in [7, 11) is 0. The lowest BCUT2D eigenvalue weighted by Gasteiger charge is -2.19. The highest BCUT2D eigenvalue weighted by molar-refractivity contribution is 5.76. The largest absolute Gasteiger partial charge is 0.430 e. The summed E-state index contributed by atoms with van der Waals surface area (Å²) < 4.78 is 5.76. The first-order valence-electron chi connectivity index (χ1n) is 7.68. The summed E-state index contributed by atoms with van der Waals surface area (Å²) in [6.45, 7) is 12.0. The van der Waals surface area contributed by atoms with Gasteiger partial charge in [0.25, 0.3) is 0 Å². The minimum Gasteiger partial charge on any atom is -0.430 e. The van der Waals surface area contributed by atoms with Gasteiger partial charge in [-0.3, -0.25) is 4.79 Å². The molecule has 0 aromatic heterocycles. The molecule has 0 saturated heterocycles. The predicted molar refractivity (Wildman–Crippen MR) is 85.8 cm³/mol. The summed E-state index contributed by atoms with van der Waals surface area (Å²) in [5.41, 5.74) is 1.96. The third-order valence-corrected chi connectivity index (χ3v) is 4.17. The summed E-state index contributed by atoms with van der Waals surface area (Å²) in [5, 5.41) is 0. The van der Waals surface area contributed by atoms with E-state index in [1.165, 1.54) is 5.56 Å². The zero-order valence-corrected chi connectivity index (χ0v) is 13.9. The van der Waals surface area contributed by atoms with Crippen molar-refractivity contribution in [2.75, 3.05) is 0 Å². The van der Waals surface area contributed by atoms with Crippen molar-refractivity contribution in [1.82, 2.24) is 0 Å². The molecule has 0 unspecified atom stereocenters. The Balaban J connectivity index is 2.19. The van der Waals surface area contributed by atoms with Gasteiger partial charge in [0.1, 0.15) is 5.76 Å². The molecule has 1 aliphatic carbocycles. The lowest BCUT2D eigenvalue weighted by atomic mass is 9.97. The van der Waals surface area contributed by atoms with Gasteiger partial charge in [-0.1, -0.05) is 37.3 Å². The van der Waals surface area contributed by atoms with Crippen LogP contribution in [-0.2, 0) is 9.53 Å². The number of hydrogen-bond acceptors (Lipinski definition) is 2. The third-order valence-electron chi connectivity index (χ3n) is 4.17. The summed E-state index contributed by atoms with van der Waals surface area (Å²) in [6, 6.07) is 10.5. The molecular formula is C19H26O2. The van der Waals surface area contributed by atoms with E-state index in [-0.39, 0.29) is 5.97 Å². The topological polar surface area (TPSA) is 26.3 Å². The van der Waals surface area contributed by atoms with E-state index >= 15 is 0 Å². The van der Waals surface area contributed by atoms with E-state index in [0.717, 1.165) is 11.3 Å². The standard InChI is InChI=1S/C19H26O2/c1-12(2)17(21-18(20)19(4,5)6)16-13(3)15(16)14-10-8-7-9-11-14/h7-11,13,15-16H,1-6H3/t13-,15+,16+/m0/s1. The van der Waals surface area contributed by atoms with Crippen LogP contribution in [0.25, 0.3) is 0 Å². The summed E-state index contributed by atoms with van der Waals surface area (Å²) >= 11 is 0. The van der Waals surface area contributed by atoms with E-state index in [9.17, 15) is 4.79 Å². The van der Waals surface area contributed by atoms with Crippen molar-refractivity contribution >= 4 is 5.97 Å². The quantitative estimate of drug-likeness (QED) is 0.582. The van der Waals surface area contributed by atoms with Crippen LogP contribution in [0.1, 0.15) is 53.0 Å². The van der Waals surface area contributed by atoms with Crippen molar-refractivity contribution < 1.29 is 9.53 Å². The van der Waals surface area contributed by atoms with Crippen LogP contribution in [0, 0.1) is 17.3 Å². The number of rotatable bonds is 3. The second kappa shape index (κ2) is 5.67. The maximum atomic E-state index is 12.2. The summed E-state index contributed by atoms with van der Waals surface area (Å²) in [5.74, 6) is 2.03. The van der Waals surface area contributed by atoms with Gasteiger partial charge in [0.2, 0.25) is 0 Å². The van der Waals surface area contributed by atoms with E-state index in [1.807, 2.05) is 40.7 Å². The van der Waals surface area contributed by atoms with E-state index < -0.39 is 5.41 Å². The number of carbonyl (C=O) groups is 1. The molecule has 0 bridgehead atoms. The number of benzene rings is 1. The van der Waals surface area contributed by atoms with Crippen LogP contribution in [0.3, 0.4) is 0 Å². The molecular weight excluding hydrogens is 260 g/mol. The highest BCUT2D eigenvalue weighted by atomic mass is 16.5. The zero-order chi connectivity index (χ0) is 15.8. The zero-order valence-electron chi connectivity index (χ0n) is 13.9. The fourth-order valence-electron chi connectivity index (χ4n) is 2.81. The molecule has 0 aliphatic heterocycles. The number of hydrogen-bond donors (Lipinski definition) is 0. The highest BCUT2D eigenvalue weighted by Crippen LogP contribution is 2.58. The summed E-state index contributed by atoms with van der Waals surface area (Å²) in [6.07, 6.45) is 0. The Bertz CT molecular complexity index is 545. The van der Waals surface area contributed by atoms with Gasteiger partial charge in [-0.25, -0.2) is 0 Å². The highest BCUT2D eigenvalue weighted by Gasteiger charge is 2.51. The predicted octanol–water partition coefficient (Wildman–Crippen LogP) is 4.92. The van der Waals surface area contributed by atoms with E-state index in [1.54, 1.807) is 0 Å². The van der Waals surface area contributed by atoms with Gasteiger partial charge in [0.05, 0.1) is 5.41 Å². The molecule has 21 heavy (non-hydrogen) atoms. The lowest BCUT2D eigenvalue weighted by molar-refractivity contribution is -0.149. The smallest absolute Gasteiger partial charge is 0.316 e. The molecule has 0 radical (unpaired) electrons. The van der Waals surface area contributed by atoms with Crippen LogP contribution in [0.4, 0.5) is 0 Å². The first kappa shape index (κ1) is 15.8. The molecule has 3 atom stereocenters. The minimum absolute atomic E-state index is 0.149. The van der Waals surface area contributed by atoms with Crippen molar-refractivity contribution in [3.63, 3.8) is 0 Å². The molecule has 1 fully saturated rings. The Morgan fingerprint density at radius 3 is 2.14 bits per heavy atom. The molecule has 1 aliphatic rings. The Morgan fingerprint density at radius 1 is 1.10 bits per heavy atom. The molecule has 2 nitrogen and oxygen atoms in total. The van der Waals surface area contributed by atoms with Crippen molar-refractivity contribution in [3.05, 3.63) is 47.2 Å². The van der Waals surface area contributed by atoms with Crippen LogP contribution in [0.15, 0.2) is 41.7 Å². The van der Waals surface area contributed by atoms with Crippen molar-refractivity contribution in [1.29, 1.82) is 0 Å². The van der Waals surface area contributed by atoms with Crippen LogP contribution < -0.4 is 0 Å². The maximum Gasteiger partial charge on any atom is 0.316 e. The second-order valence-corrected chi connectivity index (χ2v) is 7.33.